The van der Waals surface area contributed by atoms with Gasteiger partial charge in [0.15, 0.2) is 0 Å². The first kappa shape index (κ1) is 13.5. The third kappa shape index (κ3) is 4.53. The number of nitrogens with two attached hydrogens (primary N) is 1. The van der Waals surface area contributed by atoms with Crippen LogP contribution in [0, 0.1) is 0 Å². The molecule has 0 fully saturated rings. The highest BCUT2D eigenvalue weighted by Gasteiger charge is 2.32. The fourth-order valence-electron chi connectivity index (χ4n) is 1.60. The van der Waals surface area contributed by atoms with Gasteiger partial charge in [0.1, 0.15) is 0 Å². The minimum Gasteiger partial charge on any atom is -0.330 e. The third-order valence-corrected chi connectivity index (χ3v) is 2.86. The molecule has 1 aromatic carbocycles. The van der Waals surface area contributed by atoms with Crippen LogP contribution in [0.1, 0.15) is 24.3 Å². The summed E-state index contributed by atoms with van der Waals surface area (Å²) in [6.07, 6.45) is -4.61. The standard InChI is InChI=1S/C11H13BrF3N/c12-10-3-1-8(2-4-10)9(5-6-16)7-11(13,14)15/h1-4,9H,5-7,16H2. The number of halogens is 4. The lowest BCUT2D eigenvalue weighted by atomic mass is 9.92. The van der Waals surface area contributed by atoms with Crippen molar-refractivity contribution in [3.05, 3.63) is 34.3 Å². The fourth-order valence-corrected chi connectivity index (χ4v) is 1.87. The van der Waals surface area contributed by atoms with Crippen molar-refractivity contribution < 1.29 is 13.2 Å². The molecular formula is C11H13BrF3N. The molecule has 0 bridgehead atoms. The molecule has 16 heavy (non-hydrogen) atoms. The van der Waals surface area contributed by atoms with E-state index in [4.69, 9.17) is 5.73 Å². The largest absolute Gasteiger partial charge is 0.389 e. The average molecular weight is 296 g/mol. The topological polar surface area (TPSA) is 26.0 Å². The number of benzene rings is 1. The zero-order chi connectivity index (χ0) is 12.2. The van der Waals surface area contributed by atoms with Gasteiger partial charge in [0.05, 0.1) is 6.42 Å². The summed E-state index contributed by atoms with van der Waals surface area (Å²) in [5, 5.41) is 0. The van der Waals surface area contributed by atoms with Crippen molar-refractivity contribution in [2.45, 2.75) is 24.9 Å². The van der Waals surface area contributed by atoms with Crippen molar-refractivity contribution in [1.29, 1.82) is 0 Å². The van der Waals surface area contributed by atoms with Crippen molar-refractivity contribution in [1.82, 2.24) is 0 Å². The molecule has 0 saturated carbocycles. The molecule has 0 aliphatic carbocycles. The van der Waals surface area contributed by atoms with Gasteiger partial charge in [-0.25, -0.2) is 0 Å². The van der Waals surface area contributed by atoms with Gasteiger partial charge in [-0.15, -0.1) is 0 Å². The molecule has 1 aromatic rings. The smallest absolute Gasteiger partial charge is 0.330 e. The average Bonchev–Trinajstić information content (AvgIpc) is 2.16. The Kier molecular flexibility index (Phi) is 4.80. The zero-order valence-corrected chi connectivity index (χ0v) is 10.2. The number of rotatable bonds is 4. The first-order valence-corrected chi connectivity index (χ1v) is 5.74. The Hall–Kier alpha value is -0.550. The highest BCUT2D eigenvalue weighted by Crippen LogP contribution is 2.33. The van der Waals surface area contributed by atoms with Crippen LogP contribution in [0.2, 0.25) is 0 Å². The van der Waals surface area contributed by atoms with E-state index in [-0.39, 0.29) is 6.54 Å². The lowest BCUT2D eigenvalue weighted by molar-refractivity contribution is -0.139. The summed E-state index contributed by atoms with van der Waals surface area (Å²) in [7, 11) is 0. The Morgan fingerprint density at radius 1 is 1.19 bits per heavy atom. The molecule has 1 atom stereocenters. The summed E-state index contributed by atoms with van der Waals surface area (Å²) in [6, 6.07) is 6.90. The second-order valence-electron chi connectivity index (χ2n) is 3.65. The van der Waals surface area contributed by atoms with Crippen LogP contribution in [0.25, 0.3) is 0 Å². The maximum Gasteiger partial charge on any atom is 0.389 e. The summed E-state index contributed by atoms with van der Waals surface area (Å²) in [5.74, 6) is -0.543. The van der Waals surface area contributed by atoms with Crippen molar-refractivity contribution in [3.63, 3.8) is 0 Å². The van der Waals surface area contributed by atoms with Crippen LogP contribution in [0.3, 0.4) is 0 Å². The van der Waals surface area contributed by atoms with E-state index in [1.165, 1.54) is 0 Å². The van der Waals surface area contributed by atoms with E-state index in [2.05, 4.69) is 15.9 Å². The quantitative estimate of drug-likeness (QED) is 0.897. The summed E-state index contributed by atoms with van der Waals surface area (Å²) < 4.78 is 37.9. The summed E-state index contributed by atoms with van der Waals surface area (Å²) >= 11 is 3.25. The van der Waals surface area contributed by atoms with Crippen LogP contribution in [0.15, 0.2) is 28.7 Å². The molecule has 0 aliphatic heterocycles. The van der Waals surface area contributed by atoms with Gasteiger partial charge in [0.25, 0.3) is 0 Å². The second-order valence-corrected chi connectivity index (χ2v) is 4.56. The van der Waals surface area contributed by atoms with Gasteiger partial charge in [-0.1, -0.05) is 28.1 Å². The molecule has 0 amide bonds. The van der Waals surface area contributed by atoms with E-state index < -0.39 is 18.5 Å². The van der Waals surface area contributed by atoms with Crippen LogP contribution in [0.5, 0.6) is 0 Å². The maximum atomic E-state index is 12.3. The van der Waals surface area contributed by atoms with Crippen molar-refractivity contribution >= 4 is 15.9 Å². The van der Waals surface area contributed by atoms with Crippen LogP contribution < -0.4 is 5.73 Å². The van der Waals surface area contributed by atoms with Gasteiger partial charge >= 0.3 is 6.18 Å². The highest BCUT2D eigenvalue weighted by molar-refractivity contribution is 9.10. The van der Waals surface area contributed by atoms with Gasteiger partial charge in [0.2, 0.25) is 0 Å². The molecule has 2 N–H and O–H groups in total. The predicted octanol–water partition coefficient (Wildman–Crippen LogP) is 3.83. The van der Waals surface area contributed by atoms with Crippen LogP contribution in [0.4, 0.5) is 13.2 Å². The van der Waals surface area contributed by atoms with E-state index >= 15 is 0 Å². The monoisotopic (exact) mass is 295 g/mol. The van der Waals surface area contributed by atoms with E-state index in [0.29, 0.717) is 12.0 Å². The molecular weight excluding hydrogens is 283 g/mol. The minimum atomic E-state index is -4.15. The maximum absolute atomic E-state index is 12.3. The van der Waals surface area contributed by atoms with Crippen LogP contribution in [-0.4, -0.2) is 12.7 Å². The van der Waals surface area contributed by atoms with E-state index in [1.54, 1.807) is 24.3 Å². The molecule has 0 spiro atoms. The predicted molar refractivity (Wildman–Crippen MR) is 61.2 cm³/mol. The normalized spacial score (nSPS) is 13.8. The molecule has 1 nitrogen and oxygen atoms in total. The molecule has 0 aliphatic rings. The van der Waals surface area contributed by atoms with Gasteiger partial charge in [-0.05, 0) is 36.6 Å². The van der Waals surface area contributed by atoms with Crippen molar-refractivity contribution in [3.8, 4) is 0 Å². The number of hydrogen-bond acceptors (Lipinski definition) is 1. The molecule has 90 valence electrons. The van der Waals surface area contributed by atoms with E-state index in [9.17, 15) is 13.2 Å². The molecule has 1 unspecified atom stereocenters. The van der Waals surface area contributed by atoms with E-state index in [1.807, 2.05) is 0 Å². The molecule has 0 radical (unpaired) electrons. The van der Waals surface area contributed by atoms with Gasteiger partial charge in [0, 0.05) is 4.47 Å². The van der Waals surface area contributed by atoms with E-state index in [0.717, 1.165) is 4.47 Å². The SMILES string of the molecule is NCCC(CC(F)(F)F)c1ccc(Br)cc1. The molecule has 0 heterocycles. The molecule has 5 heteroatoms. The first-order valence-electron chi connectivity index (χ1n) is 4.94. The van der Waals surface area contributed by atoms with Crippen LogP contribution >= 0.6 is 15.9 Å². The Morgan fingerprint density at radius 2 is 1.75 bits per heavy atom. The molecule has 0 saturated heterocycles. The van der Waals surface area contributed by atoms with Gasteiger partial charge in [-0.3, -0.25) is 0 Å². The second kappa shape index (κ2) is 5.68. The van der Waals surface area contributed by atoms with Gasteiger partial charge < -0.3 is 5.73 Å². The Labute approximate surface area is 101 Å². The number of hydrogen-bond donors (Lipinski definition) is 1. The lowest BCUT2D eigenvalue weighted by Gasteiger charge is -2.18. The highest BCUT2D eigenvalue weighted by atomic mass is 79.9. The summed E-state index contributed by atoms with van der Waals surface area (Å²) in [5.41, 5.74) is 6.02. The zero-order valence-electron chi connectivity index (χ0n) is 8.60. The fraction of sp³-hybridized carbons (Fsp3) is 0.455. The minimum absolute atomic E-state index is 0.261. The summed E-state index contributed by atoms with van der Waals surface area (Å²) in [4.78, 5) is 0. The van der Waals surface area contributed by atoms with Crippen molar-refractivity contribution in [2.75, 3.05) is 6.54 Å². The van der Waals surface area contributed by atoms with Crippen LogP contribution in [-0.2, 0) is 0 Å². The Balaban J connectivity index is 2.80. The van der Waals surface area contributed by atoms with Crippen molar-refractivity contribution in [2.24, 2.45) is 5.73 Å². The molecule has 0 aromatic heterocycles. The summed E-state index contributed by atoms with van der Waals surface area (Å²) in [6.45, 7) is 0.261. The Bertz CT molecular complexity index is 321. The lowest BCUT2D eigenvalue weighted by Crippen LogP contribution is -2.16. The molecule has 1 rings (SSSR count). The number of alkyl halides is 3. The third-order valence-electron chi connectivity index (χ3n) is 2.33. The van der Waals surface area contributed by atoms with Gasteiger partial charge in [-0.2, -0.15) is 13.2 Å². The Morgan fingerprint density at radius 3 is 2.19 bits per heavy atom. The first-order chi connectivity index (χ1) is 7.42.